The van der Waals surface area contributed by atoms with Crippen molar-refractivity contribution in [3.63, 3.8) is 0 Å². The average Bonchev–Trinajstić information content (AvgIpc) is 2.29. The quantitative estimate of drug-likeness (QED) is 0.819. The molecule has 2 heteroatoms. The number of likely N-dealkylation sites (N-methyl/N-ethyl adjacent to an activating group) is 1. The second-order valence-electron chi connectivity index (χ2n) is 5.72. The Morgan fingerprint density at radius 1 is 1.24 bits per heavy atom. The van der Waals surface area contributed by atoms with Crippen LogP contribution in [0.3, 0.4) is 0 Å². The van der Waals surface area contributed by atoms with Gasteiger partial charge in [0.05, 0.1) is 0 Å². The highest BCUT2D eigenvalue weighted by atomic mass is 15.1. The minimum Gasteiger partial charge on any atom is -0.330 e. The highest BCUT2D eigenvalue weighted by Crippen LogP contribution is 2.23. The van der Waals surface area contributed by atoms with Gasteiger partial charge >= 0.3 is 0 Å². The van der Waals surface area contributed by atoms with Crippen LogP contribution in [0, 0.1) is 5.92 Å². The van der Waals surface area contributed by atoms with Crippen molar-refractivity contribution >= 4 is 0 Å². The summed E-state index contributed by atoms with van der Waals surface area (Å²) in [7, 11) is 2.18. The van der Waals surface area contributed by atoms with Crippen LogP contribution in [-0.2, 0) is 5.41 Å². The normalized spacial score (nSPS) is 15.2. The number of hydrogen-bond acceptors (Lipinski definition) is 2. The first-order chi connectivity index (χ1) is 7.98. The van der Waals surface area contributed by atoms with Crippen molar-refractivity contribution in [2.45, 2.75) is 26.2 Å². The van der Waals surface area contributed by atoms with Crippen molar-refractivity contribution in [1.82, 2.24) is 4.90 Å². The Kier molecular flexibility index (Phi) is 5.16. The molecule has 1 atom stereocenters. The van der Waals surface area contributed by atoms with Crippen LogP contribution in [0.1, 0.15) is 26.3 Å². The molecule has 1 unspecified atom stereocenters. The zero-order valence-electron chi connectivity index (χ0n) is 11.6. The molecule has 0 aliphatic rings. The molecule has 0 fully saturated rings. The fourth-order valence-electron chi connectivity index (χ4n) is 2.40. The predicted molar refractivity (Wildman–Crippen MR) is 75.2 cm³/mol. The SMILES string of the molecule is CC(C)CN(C)CC(C)(CN)c1ccccc1. The first-order valence-corrected chi connectivity index (χ1v) is 6.42. The third kappa shape index (κ3) is 4.14. The van der Waals surface area contributed by atoms with Crippen LogP contribution < -0.4 is 5.73 Å². The standard InChI is InChI=1S/C15H26N2/c1-13(2)10-17(4)12-15(3,11-16)14-8-6-5-7-9-14/h5-9,13H,10-12,16H2,1-4H3. The van der Waals surface area contributed by atoms with Crippen molar-refractivity contribution in [2.75, 3.05) is 26.7 Å². The van der Waals surface area contributed by atoms with Gasteiger partial charge in [-0.25, -0.2) is 0 Å². The van der Waals surface area contributed by atoms with E-state index in [-0.39, 0.29) is 5.41 Å². The number of hydrogen-bond donors (Lipinski definition) is 1. The Balaban J connectivity index is 2.76. The maximum atomic E-state index is 5.99. The summed E-state index contributed by atoms with van der Waals surface area (Å²) in [6.45, 7) is 9.55. The molecule has 2 nitrogen and oxygen atoms in total. The molecule has 1 aromatic carbocycles. The Morgan fingerprint density at radius 3 is 2.29 bits per heavy atom. The van der Waals surface area contributed by atoms with Gasteiger partial charge in [0.25, 0.3) is 0 Å². The molecule has 96 valence electrons. The smallest absolute Gasteiger partial charge is 0.0174 e. The van der Waals surface area contributed by atoms with Gasteiger partial charge in [0.2, 0.25) is 0 Å². The molecule has 1 aromatic rings. The summed E-state index contributed by atoms with van der Waals surface area (Å²) in [6.07, 6.45) is 0. The van der Waals surface area contributed by atoms with Gasteiger partial charge in [0.15, 0.2) is 0 Å². The second-order valence-corrected chi connectivity index (χ2v) is 5.72. The monoisotopic (exact) mass is 234 g/mol. The Morgan fingerprint density at radius 2 is 1.82 bits per heavy atom. The summed E-state index contributed by atoms with van der Waals surface area (Å²) >= 11 is 0. The highest BCUT2D eigenvalue weighted by Gasteiger charge is 2.26. The van der Waals surface area contributed by atoms with Gasteiger partial charge in [0.1, 0.15) is 0 Å². The van der Waals surface area contributed by atoms with Crippen molar-refractivity contribution < 1.29 is 0 Å². The van der Waals surface area contributed by atoms with E-state index in [9.17, 15) is 0 Å². The van der Waals surface area contributed by atoms with E-state index < -0.39 is 0 Å². The van der Waals surface area contributed by atoms with Crippen LogP contribution in [-0.4, -0.2) is 31.6 Å². The third-order valence-corrected chi connectivity index (χ3v) is 3.22. The summed E-state index contributed by atoms with van der Waals surface area (Å²) in [5.41, 5.74) is 7.37. The first-order valence-electron chi connectivity index (χ1n) is 6.42. The molecule has 0 heterocycles. The predicted octanol–water partition coefficient (Wildman–Crippen LogP) is 2.49. The summed E-state index contributed by atoms with van der Waals surface area (Å²) < 4.78 is 0. The molecule has 17 heavy (non-hydrogen) atoms. The lowest BCUT2D eigenvalue weighted by Crippen LogP contribution is -2.43. The van der Waals surface area contributed by atoms with Gasteiger partial charge in [-0.15, -0.1) is 0 Å². The molecule has 2 N–H and O–H groups in total. The van der Waals surface area contributed by atoms with Crippen LogP contribution in [0.2, 0.25) is 0 Å². The molecular formula is C15H26N2. The van der Waals surface area contributed by atoms with E-state index in [0.717, 1.165) is 13.1 Å². The third-order valence-electron chi connectivity index (χ3n) is 3.22. The van der Waals surface area contributed by atoms with Gasteiger partial charge in [-0.2, -0.15) is 0 Å². The molecule has 0 aliphatic heterocycles. The Labute approximate surface area is 106 Å². The van der Waals surface area contributed by atoms with E-state index in [0.29, 0.717) is 12.5 Å². The largest absolute Gasteiger partial charge is 0.330 e. The second kappa shape index (κ2) is 6.18. The molecule has 0 aromatic heterocycles. The maximum absolute atomic E-state index is 5.99. The Bertz CT molecular complexity index is 321. The van der Waals surface area contributed by atoms with Crippen LogP contribution in [0.5, 0.6) is 0 Å². The fraction of sp³-hybridized carbons (Fsp3) is 0.600. The minimum atomic E-state index is 0.0465. The summed E-state index contributed by atoms with van der Waals surface area (Å²) in [4.78, 5) is 2.38. The van der Waals surface area contributed by atoms with Crippen LogP contribution in [0.15, 0.2) is 30.3 Å². The first kappa shape index (κ1) is 14.2. The molecule has 0 saturated heterocycles. The Hall–Kier alpha value is -0.860. The number of benzene rings is 1. The lowest BCUT2D eigenvalue weighted by molar-refractivity contribution is 0.236. The summed E-state index contributed by atoms with van der Waals surface area (Å²) in [5, 5.41) is 0. The van der Waals surface area contributed by atoms with E-state index in [1.165, 1.54) is 5.56 Å². The molecule has 1 rings (SSSR count). The zero-order chi connectivity index (χ0) is 12.9. The molecule has 0 amide bonds. The van der Waals surface area contributed by atoms with Gasteiger partial charge in [-0.3, -0.25) is 0 Å². The lowest BCUT2D eigenvalue weighted by Gasteiger charge is -2.34. The minimum absolute atomic E-state index is 0.0465. The maximum Gasteiger partial charge on any atom is 0.0174 e. The van der Waals surface area contributed by atoms with Crippen molar-refractivity contribution in [3.8, 4) is 0 Å². The van der Waals surface area contributed by atoms with E-state index in [4.69, 9.17) is 5.73 Å². The number of rotatable bonds is 6. The van der Waals surface area contributed by atoms with Crippen molar-refractivity contribution in [3.05, 3.63) is 35.9 Å². The fourth-order valence-corrected chi connectivity index (χ4v) is 2.40. The molecular weight excluding hydrogens is 208 g/mol. The molecule has 0 aliphatic carbocycles. The van der Waals surface area contributed by atoms with E-state index in [2.05, 4.69) is 63.1 Å². The van der Waals surface area contributed by atoms with Gasteiger partial charge in [-0.1, -0.05) is 51.1 Å². The number of nitrogens with two attached hydrogens (primary N) is 1. The average molecular weight is 234 g/mol. The topological polar surface area (TPSA) is 29.3 Å². The van der Waals surface area contributed by atoms with E-state index in [1.54, 1.807) is 0 Å². The van der Waals surface area contributed by atoms with Crippen molar-refractivity contribution in [1.29, 1.82) is 0 Å². The van der Waals surface area contributed by atoms with Crippen LogP contribution in [0.25, 0.3) is 0 Å². The molecule has 0 spiro atoms. The van der Waals surface area contributed by atoms with Crippen molar-refractivity contribution in [2.24, 2.45) is 11.7 Å². The summed E-state index contributed by atoms with van der Waals surface area (Å²) in [6, 6.07) is 10.6. The number of nitrogens with zero attached hydrogens (tertiary/aromatic N) is 1. The van der Waals surface area contributed by atoms with Crippen LogP contribution >= 0.6 is 0 Å². The summed E-state index contributed by atoms with van der Waals surface area (Å²) in [5.74, 6) is 0.692. The lowest BCUT2D eigenvalue weighted by atomic mass is 9.82. The molecule has 0 saturated carbocycles. The van der Waals surface area contributed by atoms with E-state index >= 15 is 0 Å². The zero-order valence-corrected chi connectivity index (χ0v) is 11.6. The van der Waals surface area contributed by atoms with Gasteiger partial charge < -0.3 is 10.6 Å². The van der Waals surface area contributed by atoms with Gasteiger partial charge in [-0.05, 0) is 18.5 Å². The van der Waals surface area contributed by atoms with Crippen LogP contribution in [0.4, 0.5) is 0 Å². The molecule has 0 radical (unpaired) electrons. The highest BCUT2D eigenvalue weighted by molar-refractivity contribution is 5.25. The van der Waals surface area contributed by atoms with Gasteiger partial charge in [0, 0.05) is 25.0 Å². The molecule has 0 bridgehead atoms. The van der Waals surface area contributed by atoms with E-state index in [1.807, 2.05) is 0 Å².